The minimum Gasteiger partial charge on any atom is -0.370 e. The fourth-order valence-corrected chi connectivity index (χ4v) is 6.68. The summed E-state index contributed by atoms with van der Waals surface area (Å²) in [5.41, 5.74) is 5.41. The van der Waals surface area contributed by atoms with Gasteiger partial charge in [0.15, 0.2) is 0 Å². The summed E-state index contributed by atoms with van der Waals surface area (Å²) in [5, 5.41) is 2.57. The molecule has 1 atom stereocenters. The summed E-state index contributed by atoms with van der Waals surface area (Å²) in [5.74, 6) is -0.489. The lowest BCUT2D eigenvalue weighted by Crippen LogP contribution is -2.52. The number of aryl methyl sites for hydroxylation is 2. The quantitative estimate of drug-likeness (QED) is 0.451. The lowest BCUT2D eigenvalue weighted by Gasteiger charge is -2.40. The summed E-state index contributed by atoms with van der Waals surface area (Å²) < 4.78 is 0. The first-order valence-corrected chi connectivity index (χ1v) is 14.5. The molecule has 0 spiro atoms. The van der Waals surface area contributed by atoms with Crippen LogP contribution in [-0.2, 0) is 11.3 Å². The van der Waals surface area contributed by atoms with Crippen molar-refractivity contribution >= 4 is 40.4 Å². The van der Waals surface area contributed by atoms with Gasteiger partial charge in [0.05, 0.1) is 29.3 Å². The van der Waals surface area contributed by atoms with E-state index in [1.54, 1.807) is 12.3 Å². The maximum Gasteiger partial charge on any atom is 0.264 e. The molecule has 202 valence electrons. The van der Waals surface area contributed by atoms with Gasteiger partial charge in [-0.1, -0.05) is 18.2 Å². The van der Waals surface area contributed by atoms with E-state index >= 15 is 0 Å². The van der Waals surface area contributed by atoms with Crippen LogP contribution in [0.2, 0.25) is 0 Å². The number of amides is 3. The second-order valence-electron chi connectivity index (χ2n) is 10.7. The number of hydrogen-bond donors (Lipinski definition) is 0. The highest BCUT2D eigenvalue weighted by Crippen LogP contribution is 2.35. The largest absolute Gasteiger partial charge is 0.370 e. The van der Waals surface area contributed by atoms with Crippen LogP contribution in [0.1, 0.15) is 49.7 Å². The number of anilines is 2. The van der Waals surface area contributed by atoms with Crippen LogP contribution in [0, 0.1) is 19.8 Å². The van der Waals surface area contributed by atoms with E-state index in [4.69, 9.17) is 0 Å². The molecule has 0 bridgehead atoms. The van der Waals surface area contributed by atoms with Gasteiger partial charge in [-0.05, 0) is 56.0 Å². The van der Waals surface area contributed by atoms with Crippen LogP contribution in [0.5, 0.6) is 0 Å². The Kier molecular flexibility index (Phi) is 6.85. The van der Waals surface area contributed by atoms with Gasteiger partial charge in [-0.15, -0.1) is 11.3 Å². The number of hydrogen-bond acceptors (Lipinski definition) is 7. The Morgan fingerprint density at radius 2 is 1.79 bits per heavy atom. The third-order valence-electron chi connectivity index (χ3n) is 8.16. The third-order valence-corrected chi connectivity index (χ3v) is 8.93. The number of thiazole rings is 1. The number of piperazine rings is 1. The van der Waals surface area contributed by atoms with Gasteiger partial charge in [0.25, 0.3) is 11.8 Å². The van der Waals surface area contributed by atoms with Crippen molar-refractivity contribution in [1.82, 2.24) is 14.8 Å². The van der Waals surface area contributed by atoms with Crippen molar-refractivity contribution in [1.29, 1.82) is 0 Å². The van der Waals surface area contributed by atoms with Gasteiger partial charge in [0.2, 0.25) is 5.91 Å². The standard InChI is InChI=1S/C30H33N5O3S/c1-20-8-9-21(2)25(17-20)32-12-14-33(15-13-32)28(36)22-5-4-11-34(18-22)24-7-3-6-23-27(24)30(38)35(29(23)37)19-26-31-10-16-39-26/h3,6-10,16-17,22H,4-5,11-15,18-19H2,1-2H3/t22-/m1/s1. The monoisotopic (exact) mass is 543 g/mol. The topological polar surface area (TPSA) is 77.1 Å². The van der Waals surface area contributed by atoms with E-state index in [2.05, 4.69) is 46.8 Å². The fourth-order valence-electron chi connectivity index (χ4n) is 6.07. The summed E-state index contributed by atoms with van der Waals surface area (Å²) in [6.45, 7) is 8.81. The molecule has 0 N–H and O–H groups in total. The first-order valence-electron chi connectivity index (χ1n) is 13.6. The van der Waals surface area contributed by atoms with Crippen LogP contribution in [0.4, 0.5) is 11.4 Å². The Hall–Kier alpha value is -3.72. The summed E-state index contributed by atoms with van der Waals surface area (Å²) >= 11 is 1.43. The second kappa shape index (κ2) is 10.4. The number of carbonyl (C=O) groups excluding carboxylic acids is 3. The van der Waals surface area contributed by atoms with Gasteiger partial charge in [-0.2, -0.15) is 0 Å². The number of nitrogens with zero attached hydrogens (tertiary/aromatic N) is 5. The minimum absolute atomic E-state index is 0.125. The average molecular weight is 544 g/mol. The Morgan fingerprint density at radius 3 is 2.56 bits per heavy atom. The molecule has 1 aromatic heterocycles. The molecule has 0 unspecified atom stereocenters. The van der Waals surface area contributed by atoms with Crippen LogP contribution in [0.25, 0.3) is 0 Å². The molecular formula is C30H33N5O3S. The third kappa shape index (κ3) is 4.80. The molecule has 3 aliphatic heterocycles. The molecule has 0 aliphatic carbocycles. The molecule has 6 rings (SSSR count). The number of fused-ring (bicyclic) bond motifs is 1. The first kappa shape index (κ1) is 25.6. The Labute approximate surface area is 232 Å². The van der Waals surface area contributed by atoms with Crippen LogP contribution in [0.3, 0.4) is 0 Å². The molecule has 0 saturated carbocycles. The molecule has 0 radical (unpaired) electrons. The van der Waals surface area contributed by atoms with Crippen molar-refractivity contribution in [2.24, 2.45) is 5.92 Å². The van der Waals surface area contributed by atoms with E-state index in [9.17, 15) is 14.4 Å². The normalized spacial score (nSPS) is 19.6. The molecule has 8 nitrogen and oxygen atoms in total. The molecule has 2 saturated heterocycles. The van der Waals surface area contributed by atoms with Gasteiger partial charge in [0, 0.05) is 56.5 Å². The van der Waals surface area contributed by atoms with Crippen molar-refractivity contribution < 1.29 is 14.4 Å². The van der Waals surface area contributed by atoms with E-state index < -0.39 is 0 Å². The molecule has 3 aromatic rings. The fraction of sp³-hybridized carbons (Fsp3) is 0.400. The van der Waals surface area contributed by atoms with Gasteiger partial charge < -0.3 is 14.7 Å². The van der Waals surface area contributed by atoms with Gasteiger partial charge >= 0.3 is 0 Å². The highest BCUT2D eigenvalue weighted by molar-refractivity contribution is 7.09. The maximum atomic E-state index is 13.6. The first-order chi connectivity index (χ1) is 18.9. The van der Waals surface area contributed by atoms with Crippen LogP contribution in [-0.4, -0.2) is 71.8 Å². The zero-order valence-corrected chi connectivity index (χ0v) is 23.2. The van der Waals surface area contributed by atoms with Crippen molar-refractivity contribution in [2.45, 2.75) is 33.2 Å². The lowest BCUT2D eigenvalue weighted by molar-refractivity contribution is -0.136. The highest BCUT2D eigenvalue weighted by Gasteiger charge is 2.40. The molecular weight excluding hydrogens is 510 g/mol. The van der Waals surface area contributed by atoms with E-state index in [1.807, 2.05) is 22.4 Å². The molecule has 9 heteroatoms. The molecule has 2 fully saturated rings. The zero-order valence-electron chi connectivity index (χ0n) is 22.4. The number of aromatic nitrogens is 1. The van der Waals surface area contributed by atoms with Crippen molar-refractivity contribution in [3.63, 3.8) is 0 Å². The lowest BCUT2D eigenvalue weighted by atomic mass is 9.94. The molecule has 3 amide bonds. The summed E-state index contributed by atoms with van der Waals surface area (Å²) in [4.78, 5) is 52.2. The van der Waals surface area contributed by atoms with E-state index in [0.29, 0.717) is 30.8 Å². The maximum absolute atomic E-state index is 13.6. The summed E-state index contributed by atoms with van der Waals surface area (Å²) in [6.07, 6.45) is 3.39. The molecule has 4 heterocycles. The van der Waals surface area contributed by atoms with E-state index in [0.717, 1.165) is 43.2 Å². The Balaban J connectivity index is 1.14. The van der Waals surface area contributed by atoms with Crippen LogP contribution >= 0.6 is 11.3 Å². The van der Waals surface area contributed by atoms with E-state index in [-0.39, 0.29) is 30.2 Å². The van der Waals surface area contributed by atoms with Crippen molar-refractivity contribution in [3.8, 4) is 0 Å². The second-order valence-corrected chi connectivity index (χ2v) is 11.7. The summed E-state index contributed by atoms with van der Waals surface area (Å²) in [6, 6.07) is 12.0. The Morgan fingerprint density at radius 1 is 0.974 bits per heavy atom. The average Bonchev–Trinajstić information content (AvgIpc) is 3.57. The number of imide groups is 1. The van der Waals surface area contributed by atoms with Crippen LogP contribution in [0.15, 0.2) is 48.0 Å². The number of carbonyl (C=O) groups is 3. The van der Waals surface area contributed by atoms with Crippen molar-refractivity contribution in [2.75, 3.05) is 49.1 Å². The van der Waals surface area contributed by atoms with Crippen LogP contribution < -0.4 is 9.80 Å². The van der Waals surface area contributed by atoms with Gasteiger partial charge in [-0.3, -0.25) is 19.3 Å². The van der Waals surface area contributed by atoms with Gasteiger partial charge in [-0.25, -0.2) is 4.98 Å². The van der Waals surface area contributed by atoms with Gasteiger partial charge in [0.1, 0.15) is 5.01 Å². The highest BCUT2D eigenvalue weighted by atomic mass is 32.1. The molecule has 3 aliphatic rings. The predicted molar refractivity (Wildman–Crippen MR) is 152 cm³/mol. The SMILES string of the molecule is Cc1ccc(C)c(N2CCN(C(=O)[C@@H]3CCCN(c4cccc5c4C(=O)N(Cc4nccs4)C5=O)C3)CC2)c1. The molecule has 39 heavy (non-hydrogen) atoms. The Bertz CT molecular complexity index is 1410. The number of piperidine rings is 1. The molecule has 2 aromatic carbocycles. The summed E-state index contributed by atoms with van der Waals surface area (Å²) in [7, 11) is 0. The van der Waals surface area contributed by atoms with E-state index in [1.165, 1.54) is 33.1 Å². The smallest absolute Gasteiger partial charge is 0.264 e. The van der Waals surface area contributed by atoms with Crippen molar-refractivity contribution in [3.05, 3.63) is 75.2 Å². The predicted octanol–water partition coefficient (Wildman–Crippen LogP) is 4.12. The number of benzene rings is 2. The zero-order chi connectivity index (χ0) is 27.1. The minimum atomic E-state index is -0.281. The number of rotatable bonds is 5.